The number of nitrogens with zero attached hydrogens (tertiary/aromatic N) is 2. The predicted octanol–water partition coefficient (Wildman–Crippen LogP) is 2.99. The minimum absolute atomic E-state index is 0.320. The predicted molar refractivity (Wildman–Crippen MR) is 92.8 cm³/mol. The van der Waals surface area contributed by atoms with E-state index in [0.29, 0.717) is 28.5 Å². The van der Waals surface area contributed by atoms with Crippen LogP contribution in [-0.4, -0.2) is 23.0 Å². The van der Waals surface area contributed by atoms with E-state index in [2.05, 4.69) is 15.3 Å². The van der Waals surface area contributed by atoms with Gasteiger partial charge in [-0.2, -0.15) is 0 Å². The summed E-state index contributed by atoms with van der Waals surface area (Å²) in [6.45, 7) is 0. The van der Waals surface area contributed by atoms with Gasteiger partial charge in [0.1, 0.15) is 0 Å². The fraction of sp³-hybridized carbons (Fsp3) is 0.0556. The number of nitrogen functional groups attached to an aromatic ring is 1. The second-order valence-electron chi connectivity index (χ2n) is 5.03. The fourth-order valence-electron chi connectivity index (χ4n) is 2.27. The number of carbonyl (C=O) groups is 1. The van der Waals surface area contributed by atoms with Crippen LogP contribution < -0.4 is 15.8 Å². The largest absolute Gasteiger partial charge is 0.481 e. The number of carbonyl (C=O) groups excluding carboxylic acids is 1. The molecule has 120 valence electrons. The van der Waals surface area contributed by atoms with Crippen LogP contribution >= 0.6 is 0 Å². The molecule has 0 unspecified atom stereocenters. The second-order valence-corrected chi connectivity index (χ2v) is 5.03. The monoisotopic (exact) mass is 320 g/mol. The number of hydrogen-bond donors (Lipinski definition) is 2. The maximum Gasteiger partial charge on any atom is 0.257 e. The number of rotatable bonds is 4. The van der Waals surface area contributed by atoms with Crippen LogP contribution in [0.4, 0.5) is 11.4 Å². The van der Waals surface area contributed by atoms with E-state index in [4.69, 9.17) is 10.5 Å². The summed E-state index contributed by atoms with van der Waals surface area (Å²) in [7, 11) is 1.53. The molecular formula is C18H16N4O2. The Morgan fingerprint density at radius 3 is 2.54 bits per heavy atom. The number of methoxy groups -OCH3 is 1. The Hall–Kier alpha value is -3.41. The molecule has 3 N–H and O–H groups in total. The summed E-state index contributed by atoms with van der Waals surface area (Å²) in [6.07, 6.45) is 3.09. The molecular weight excluding hydrogens is 304 g/mol. The quantitative estimate of drug-likeness (QED) is 0.771. The standard InChI is InChI=1S/C18H16N4O2/c1-24-15-8-7-13(11-21-15)22-18(23)14-9-10-20-17(16(14)19)12-5-3-2-4-6-12/h2-11H,19H2,1H3,(H,22,23). The average molecular weight is 320 g/mol. The number of ether oxygens (including phenoxy) is 1. The van der Waals surface area contributed by atoms with E-state index < -0.39 is 0 Å². The molecule has 0 bridgehead atoms. The van der Waals surface area contributed by atoms with E-state index in [0.717, 1.165) is 5.56 Å². The second kappa shape index (κ2) is 6.78. The van der Waals surface area contributed by atoms with E-state index in [1.165, 1.54) is 13.3 Å². The van der Waals surface area contributed by atoms with Crippen LogP contribution in [0.25, 0.3) is 11.3 Å². The molecule has 2 aromatic heterocycles. The zero-order valence-electron chi connectivity index (χ0n) is 13.1. The first kappa shape index (κ1) is 15.5. The summed E-state index contributed by atoms with van der Waals surface area (Å²) < 4.78 is 4.99. The summed E-state index contributed by atoms with van der Waals surface area (Å²) in [5, 5.41) is 2.76. The molecule has 0 radical (unpaired) electrons. The van der Waals surface area contributed by atoms with Gasteiger partial charge in [-0.3, -0.25) is 9.78 Å². The number of nitrogens with two attached hydrogens (primary N) is 1. The number of pyridine rings is 2. The van der Waals surface area contributed by atoms with Gasteiger partial charge in [0.25, 0.3) is 5.91 Å². The fourth-order valence-corrected chi connectivity index (χ4v) is 2.27. The van der Waals surface area contributed by atoms with Crippen LogP contribution in [0, 0.1) is 0 Å². The van der Waals surface area contributed by atoms with E-state index in [-0.39, 0.29) is 5.91 Å². The maximum absolute atomic E-state index is 12.5. The van der Waals surface area contributed by atoms with E-state index in [9.17, 15) is 4.79 Å². The highest BCUT2D eigenvalue weighted by atomic mass is 16.5. The molecule has 0 aliphatic carbocycles. The third-order valence-electron chi connectivity index (χ3n) is 3.49. The Bertz CT molecular complexity index is 849. The van der Waals surface area contributed by atoms with E-state index in [1.807, 2.05) is 30.3 Å². The molecule has 3 aromatic rings. The normalized spacial score (nSPS) is 10.2. The van der Waals surface area contributed by atoms with Crippen molar-refractivity contribution in [3.8, 4) is 17.1 Å². The summed E-state index contributed by atoms with van der Waals surface area (Å²) in [6, 6.07) is 14.5. The Morgan fingerprint density at radius 1 is 1.08 bits per heavy atom. The molecule has 0 saturated heterocycles. The van der Waals surface area contributed by atoms with Gasteiger partial charge in [-0.05, 0) is 12.1 Å². The van der Waals surface area contributed by atoms with Crippen molar-refractivity contribution in [1.29, 1.82) is 0 Å². The first-order valence-corrected chi connectivity index (χ1v) is 7.30. The lowest BCUT2D eigenvalue weighted by molar-refractivity contribution is 0.102. The molecule has 24 heavy (non-hydrogen) atoms. The Balaban J connectivity index is 1.87. The molecule has 0 aliphatic rings. The first-order valence-electron chi connectivity index (χ1n) is 7.30. The third-order valence-corrected chi connectivity index (χ3v) is 3.49. The zero-order valence-corrected chi connectivity index (χ0v) is 13.1. The summed E-state index contributed by atoms with van der Waals surface area (Å²) in [4.78, 5) is 20.8. The molecule has 1 aromatic carbocycles. The van der Waals surface area contributed by atoms with Gasteiger partial charge in [0, 0.05) is 17.8 Å². The van der Waals surface area contributed by atoms with Crippen molar-refractivity contribution in [2.75, 3.05) is 18.2 Å². The number of anilines is 2. The van der Waals surface area contributed by atoms with Gasteiger partial charge >= 0.3 is 0 Å². The molecule has 2 heterocycles. The van der Waals surface area contributed by atoms with Gasteiger partial charge in [0.2, 0.25) is 5.88 Å². The lowest BCUT2D eigenvalue weighted by atomic mass is 10.1. The van der Waals surface area contributed by atoms with E-state index in [1.54, 1.807) is 24.4 Å². The zero-order chi connectivity index (χ0) is 16.9. The van der Waals surface area contributed by atoms with Crippen molar-refractivity contribution in [1.82, 2.24) is 9.97 Å². The van der Waals surface area contributed by atoms with Crippen molar-refractivity contribution < 1.29 is 9.53 Å². The molecule has 6 heteroatoms. The van der Waals surface area contributed by atoms with Gasteiger partial charge in [0.05, 0.1) is 35.9 Å². The van der Waals surface area contributed by atoms with Gasteiger partial charge in [-0.15, -0.1) is 0 Å². The van der Waals surface area contributed by atoms with Gasteiger partial charge < -0.3 is 15.8 Å². The SMILES string of the molecule is COc1ccc(NC(=O)c2ccnc(-c3ccccc3)c2N)cn1. The van der Waals surface area contributed by atoms with Crippen molar-refractivity contribution in [3.63, 3.8) is 0 Å². The molecule has 0 spiro atoms. The van der Waals surface area contributed by atoms with Crippen LogP contribution in [-0.2, 0) is 0 Å². The molecule has 0 fully saturated rings. The van der Waals surface area contributed by atoms with Crippen LogP contribution in [0.3, 0.4) is 0 Å². The smallest absolute Gasteiger partial charge is 0.257 e. The summed E-state index contributed by atoms with van der Waals surface area (Å²) >= 11 is 0. The average Bonchev–Trinajstić information content (AvgIpc) is 2.63. The lowest BCUT2D eigenvalue weighted by Gasteiger charge is -2.11. The van der Waals surface area contributed by atoms with Gasteiger partial charge in [-0.1, -0.05) is 30.3 Å². The van der Waals surface area contributed by atoms with E-state index >= 15 is 0 Å². The van der Waals surface area contributed by atoms with Crippen LogP contribution in [0.2, 0.25) is 0 Å². The Kier molecular flexibility index (Phi) is 4.38. The maximum atomic E-state index is 12.5. The van der Waals surface area contributed by atoms with Crippen molar-refractivity contribution in [3.05, 3.63) is 66.5 Å². The highest BCUT2D eigenvalue weighted by Crippen LogP contribution is 2.26. The highest BCUT2D eigenvalue weighted by Gasteiger charge is 2.15. The molecule has 6 nitrogen and oxygen atoms in total. The van der Waals surface area contributed by atoms with Crippen LogP contribution in [0.1, 0.15) is 10.4 Å². The van der Waals surface area contributed by atoms with Crippen LogP contribution in [0.15, 0.2) is 60.9 Å². The van der Waals surface area contributed by atoms with Crippen LogP contribution in [0.5, 0.6) is 5.88 Å². The minimum Gasteiger partial charge on any atom is -0.481 e. The highest BCUT2D eigenvalue weighted by molar-refractivity contribution is 6.09. The minimum atomic E-state index is -0.320. The lowest BCUT2D eigenvalue weighted by Crippen LogP contribution is -2.15. The first-order chi connectivity index (χ1) is 11.7. The summed E-state index contributed by atoms with van der Waals surface area (Å²) in [5.41, 5.74) is 8.84. The number of aromatic nitrogens is 2. The number of hydrogen-bond acceptors (Lipinski definition) is 5. The van der Waals surface area contributed by atoms with Crippen molar-refractivity contribution in [2.24, 2.45) is 0 Å². The molecule has 3 rings (SSSR count). The summed E-state index contributed by atoms with van der Waals surface area (Å²) in [5.74, 6) is 0.154. The van der Waals surface area contributed by atoms with Gasteiger partial charge in [0.15, 0.2) is 0 Å². The number of amides is 1. The molecule has 1 amide bonds. The third kappa shape index (κ3) is 3.17. The topological polar surface area (TPSA) is 90.1 Å². The Labute approximate surface area is 139 Å². The molecule has 0 atom stereocenters. The van der Waals surface area contributed by atoms with Gasteiger partial charge in [-0.25, -0.2) is 4.98 Å². The molecule has 0 aliphatic heterocycles. The number of nitrogens with one attached hydrogen (secondary N) is 1. The Morgan fingerprint density at radius 2 is 1.88 bits per heavy atom. The molecule has 0 saturated carbocycles. The number of benzene rings is 1. The van der Waals surface area contributed by atoms with Crippen molar-refractivity contribution >= 4 is 17.3 Å². The van der Waals surface area contributed by atoms with Crippen molar-refractivity contribution in [2.45, 2.75) is 0 Å².